The Balaban J connectivity index is -0.0000000664. The van der Waals surface area contributed by atoms with E-state index in [9.17, 15) is 0 Å². The minimum atomic E-state index is 0.180. The fourth-order valence-corrected chi connectivity index (χ4v) is 0.747. The molecule has 0 spiro atoms. The molecule has 0 fully saturated rings. The van der Waals surface area contributed by atoms with Crippen molar-refractivity contribution in [2.24, 2.45) is 11.5 Å². The van der Waals surface area contributed by atoms with Crippen molar-refractivity contribution in [2.75, 3.05) is 52.7 Å². The van der Waals surface area contributed by atoms with Gasteiger partial charge in [0.1, 0.15) is 0 Å². The summed E-state index contributed by atoms with van der Waals surface area (Å²) in [7, 11) is 0. The molecule has 1 atom stereocenters. The van der Waals surface area contributed by atoms with Crippen molar-refractivity contribution < 1.29 is 25.5 Å². The third-order valence-electron chi connectivity index (χ3n) is 1.34. The summed E-state index contributed by atoms with van der Waals surface area (Å²) in [5, 5.41) is 41.9. The Hall–Kier alpha value is -0.320. The Morgan fingerprint density at radius 3 is 1.27 bits per heavy atom. The smallest absolute Gasteiger partial charge is 0.0446 e. The highest BCUT2D eigenvalue weighted by molar-refractivity contribution is 4.66. The average Bonchev–Trinajstić information content (AvgIpc) is 2.47. The molecule has 0 amide bonds. The van der Waals surface area contributed by atoms with Gasteiger partial charge in [-0.25, -0.2) is 0 Å². The zero-order valence-electron chi connectivity index (χ0n) is 14.8. The van der Waals surface area contributed by atoms with E-state index in [0.717, 1.165) is 6.54 Å². The van der Waals surface area contributed by atoms with Crippen LogP contribution < -0.4 is 16.8 Å². The zero-order valence-corrected chi connectivity index (χ0v) is 14.8. The Kier molecular flexibility index (Phi) is 75.5. The first kappa shape index (κ1) is 33.3. The minimum absolute atomic E-state index is 0.180. The van der Waals surface area contributed by atoms with Crippen LogP contribution in [0.3, 0.4) is 0 Å². The highest BCUT2D eigenvalue weighted by atomic mass is 16.3. The Morgan fingerprint density at radius 2 is 1.09 bits per heavy atom. The van der Waals surface area contributed by atoms with Crippen LogP contribution in [0.5, 0.6) is 0 Å². The summed E-state index contributed by atoms with van der Waals surface area (Å²) in [5.41, 5.74) is 10.6. The fraction of sp³-hybridized carbons (Fsp3) is 1.00. The topological polar surface area (TPSA) is 165 Å². The van der Waals surface area contributed by atoms with Gasteiger partial charge in [0, 0.05) is 58.7 Å². The summed E-state index contributed by atoms with van der Waals surface area (Å²) in [6, 6.07) is 0.216. The molecule has 0 aromatic rings. The molecule has 0 aliphatic heterocycles. The van der Waals surface area contributed by atoms with Gasteiger partial charge < -0.3 is 42.3 Å². The van der Waals surface area contributed by atoms with Crippen LogP contribution in [0, 0.1) is 0 Å². The van der Waals surface area contributed by atoms with E-state index in [0.29, 0.717) is 19.5 Å². The molecular formula is C14H41N3O5. The van der Waals surface area contributed by atoms with Gasteiger partial charge in [-0.05, 0) is 34.1 Å². The van der Waals surface area contributed by atoms with Gasteiger partial charge in [0.05, 0.1) is 0 Å². The predicted octanol–water partition coefficient (Wildman–Crippen LogP) is -1.76. The lowest BCUT2D eigenvalue weighted by Crippen LogP contribution is -2.39. The van der Waals surface area contributed by atoms with Gasteiger partial charge in [-0.15, -0.1) is 0 Å². The lowest BCUT2D eigenvalue weighted by molar-refractivity contribution is 0.266. The second-order valence-electron chi connectivity index (χ2n) is 3.45. The molecule has 10 N–H and O–H groups in total. The molecule has 0 aliphatic carbocycles. The molecule has 0 rings (SSSR count). The van der Waals surface area contributed by atoms with Crippen LogP contribution >= 0.6 is 0 Å². The second kappa shape index (κ2) is 49.8. The summed E-state index contributed by atoms with van der Waals surface area (Å²) in [6.07, 6.45) is 0.705. The van der Waals surface area contributed by atoms with Crippen LogP contribution in [0.25, 0.3) is 0 Å². The van der Waals surface area contributed by atoms with Crippen LogP contribution in [0.1, 0.15) is 34.1 Å². The average molecular weight is 331 g/mol. The van der Waals surface area contributed by atoms with Gasteiger partial charge in [0.25, 0.3) is 0 Å². The fourth-order valence-electron chi connectivity index (χ4n) is 0.747. The van der Waals surface area contributed by atoms with Crippen LogP contribution in [0.2, 0.25) is 0 Å². The molecule has 0 aromatic heterocycles. The van der Waals surface area contributed by atoms with Crippen molar-refractivity contribution in [3.63, 3.8) is 0 Å². The molecule has 0 saturated heterocycles. The molecule has 1 unspecified atom stereocenters. The van der Waals surface area contributed by atoms with E-state index in [1.165, 1.54) is 0 Å². The summed E-state index contributed by atoms with van der Waals surface area (Å²) < 4.78 is 0. The van der Waals surface area contributed by atoms with Gasteiger partial charge in [0.2, 0.25) is 0 Å². The van der Waals surface area contributed by atoms with Crippen LogP contribution in [-0.2, 0) is 0 Å². The van der Waals surface area contributed by atoms with Crippen molar-refractivity contribution in [1.29, 1.82) is 0 Å². The predicted molar refractivity (Wildman–Crippen MR) is 92.6 cm³/mol. The molecule has 0 aliphatic rings. The maximum atomic E-state index is 8.54. The van der Waals surface area contributed by atoms with Crippen LogP contribution in [0.15, 0.2) is 0 Å². The number of nitrogens with one attached hydrogen (secondary N) is 1. The van der Waals surface area contributed by atoms with Gasteiger partial charge in [-0.1, -0.05) is 0 Å². The molecule has 0 saturated carbocycles. The van der Waals surface area contributed by atoms with Gasteiger partial charge in [-0.2, -0.15) is 0 Å². The first-order chi connectivity index (χ1) is 10.5. The van der Waals surface area contributed by atoms with E-state index < -0.39 is 0 Å². The molecular weight excluding hydrogens is 290 g/mol. The molecule has 8 heteroatoms. The lowest BCUT2D eigenvalue weighted by Gasteiger charge is -2.13. The Labute approximate surface area is 136 Å². The first-order valence-corrected chi connectivity index (χ1v) is 7.68. The lowest BCUT2D eigenvalue weighted by atomic mass is 10.2. The standard InChI is InChI=1S/C6H17N3O.4C2H6O/c7-2-3-9-6(5-8)1-4-10;4*1-2-3/h6,9-10H,1-5,7-8H2;4*3H,2H2,1H3. The number of nitrogens with two attached hydrogens (primary N) is 2. The molecule has 8 nitrogen and oxygen atoms in total. The van der Waals surface area contributed by atoms with E-state index in [1.54, 1.807) is 27.7 Å². The van der Waals surface area contributed by atoms with E-state index in [2.05, 4.69) is 5.32 Å². The summed E-state index contributed by atoms with van der Waals surface area (Å²) in [4.78, 5) is 0. The number of rotatable bonds is 6. The van der Waals surface area contributed by atoms with Crippen LogP contribution in [0.4, 0.5) is 0 Å². The molecule has 0 aromatic carbocycles. The molecule has 0 bridgehead atoms. The SMILES string of the molecule is CCO.CCO.CCO.CCO.NCCNC(CN)CCO. The van der Waals surface area contributed by atoms with Gasteiger partial charge in [-0.3, -0.25) is 0 Å². The summed E-state index contributed by atoms with van der Waals surface area (Å²) >= 11 is 0. The molecule has 142 valence electrons. The van der Waals surface area contributed by atoms with Gasteiger partial charge in [0.15, 0.2) is 0 Å². The van der Waals surface area contributed by atoms with E-state index in [1.807, 2.05) is 0 Å². The molecule has 0 heterocycles. The Morgan fingerprint density at radius 1 is 0.773 bits per heavy atom. The van der Waals surface area contributed by atoms with Crippen molar-refractivity contribution in [3.05, 3.63) is 0 Å². The van der Waals surface area contributed by atoms with Crippen LogP contribution in [-0.4, -0.2) is 84.2 Å². The highest BCUT2D eigenvalue weighted by Crippen LogP contribution is 1.85. The third-order valence-corrected chi connectivity index (χ3v) is 1.34. The maximum Gasteiger partial charge on any atom is 0.0446 e. The van der Waals surface area contributed by atoms with Gasteiger partial charge >= 0.3 is 0 Å². The summed E-state index contributed by atoms with van der Waals surface area (Å²) in [6.45, 7) is 9.84. The molecule has 0 radical (unpaired) electrons. The van der Waals surface area contributed by atoms with E-state index >= 15 is 0 Å². The number of hydrogen-bond acceptors (Lipinski definition) is 8. The van der Waals surface area contributed by atoms with Crippen molar-refractivity contribution in [3.8, 4) is 0 Å². The van der Waals surface area contributed by atoms with E-state index in [-0.39, 0.29) is 39.1 Å². The number of aliphatic hydroxyl groups is 5. The minimum Gasteiger partial charge on any atom is -0.397 e. The summed E-state index contributed by atoms with van der Waals surface area (Å²) in [5.74, 6) is 0. The van der Waals surface area contributed by atoms with Crippen molar-refractivity contribution in [1.82, 2.24) is 5.32 Å². The number of aliphatic hydroxyl groups excluding tert-OH is 5. The highest BCUT2D eigenvalue weighted by Gasteiger charge is 2.02. The van der Waals surface area contributed by atoms with Crippen molar-refractivity contribution >= 4 is 0 Å². The second-order valence-corrected chi connectivity index (χ2v) is 3.45. The normalized spacial score (nSPS) is 9.41. The maximum absolute atomic E-state index is 8.54. The number of hydrogen-bond donors (Lipinski definition) is 8. The van der Waals surface area contributed by atoms with Crippen molar-refractivity contribution in [2.45, 2.75) is 40.2 Å². The largest absolute Gasteiger partial charge is 0.397 e. The Bertz CT molecular complexity index is 117. The third kappa shape index (κ3) is 91.1. The van der Waals surface area contributed by atoms with E-state index in [4.69, 9.17) is 37.0 Å². The molecule has 22 heavy (non-hydrogen) atoms. The quantitative estimate of drug-likeness (QED) is 0.283. The first-order valence-electron chi connectivity index (χ1n) is 7.68. The zero-order chi connectivity index (χ0) is 18.6. The monoisotopic (exact) mass is 331 g/mol.